The van der Waals surface area contributed by atoms with E-state index in [1.165, 1.54) is 22.8 Å². The highest BCUT2D eigenvalue weighted by atomic mass is 32.2. The first kappa shape index (κ1) is 13.5. The standard InChI is InChI=1S/C10H14N2O4S2/c1-16-10(13)8-7-12(5-4-11-8)18(14,15)9-3-2-6-17-9/h2-3,6,8,11H,4-5,7H2,1H3/t8-/m1/s1. The van der Waals surface area contributed by atoms with Crippen molar-refractivity contribution in [1.82, 2.24) is 9.62 Å². The fourth-order valence-corrected chi connectivity index (χ4v) is 4.38. The first-order valence-electron chi connectivity index (χ1n) is 5.40. The van der Waals surface area contributed by atoms with E-state index in [9.17, 15) is 13.2 Å². The summed E-state index contributed by atoms with van der Waals surface area (Å²) in [6, 6.07) is 2.66. The Morgan fingerprint density at radius 3 is 3.00 bits per heavy atom. The maximum absolute atomic E-state index is 12.3. The van der Waals surface area contributed by atoms with Gasteiger partial charge in [-0.1, -0.05) is 6.07 Å². The van der Waals surface area contributed by atoms with Crippen molar-refractivity contribution in [3.8, 4) is 0 Å². The average Bonchev–Trinajstić information content (AvgIpc) is 2.92. The molecule has 1 atom stereocenters. The second-order valence-electron chi connectivity index (χ2n) is 3.83. The predicted octanol–water partition coefficient (Wildman–Crippen LogP) is -0.116. The summed E-state index contributed by atoms with van der Waals surface area (Å²) in [6.07, 6.45) is 0. The fraction of sp³-hybridized carbons (Fsp3) is 0.500. The molecule has 6 nitrogen and oxygen atoms in total. The molecule has 2 heterocycles. The topological polar surface area (TPSA) is 75.7 Å². The van der Waals surface area contributed by atoms with Crippen LogP contribution in [0.3, 0.4) is 0 Å². The number of thiophene rings is 1. The molecule has 1 aromatic heterocycles. The summed E-state index contributed by atoms with van der Waals surface area (Å²) in [5, 5.41) is 4.66. The van der Waals surface area contributed by atoms with Gasteiger partial charge in [-0.2, -0.15) is 4.31 Å². The second kappa shape index (κ2) is 5.35. The zero-order valence-corrected chi connectivity index (χ0v) is 11.5. The van der Waals surface area contributed by atoms with Crippen LogP contribution in [0.2, 0.25) is 0 Å². The van der Waals surface area contributed by atoms with Crippen molar-refractivity contribution in [3.63, 3.8) is 0 Å². The third kappa shape index (κ3) is 2.56. The molecule has 0 aromatic carbocycles. The van der Waals surface area contributed by atoms with E-state index in [1.807, 2.05) is 0 Å². The van der Waals surface area contributed by atoms with Crippen molar-refractivity contribution < 1.29 is 17.9 Å². The number of sulfonamides is 1. The third-order valence-electron chi connectivity index (χ3n) is 2.71. The van der Waals surface area contributed by atoms with Crippen molar-refractivity contribution in [1.29, 1.82) is 0 Å². The number of methoxy groups -OCH3 is 1. The van der Waals surface area contributed by atoms with Gasteiger partial charge < -0.3 is 10.1 Å². The van der Waals surface area contributed by atoms with Gasteiger partial charge in [-0.05, 0) is 11.4 Å². The number of hydrogen-bond donors (Lipinski definition) is 1. The monoisotopic (exact) mass is 290 g/mol. The number of ether oxygens (including phenoxy) is 1. The van der Waals surface area contributed by atoms with Crippen LogP contribution in [-0.4, -0.2) is 51.5 Å². The number of piperazine rings is 1. The molecule has 0 aliphatic carbocycles. The molecule has 1 N–H and O–H groups in total. The molecule has 0 saturated carbocycles. The van der Waals surface area contributed by atoms with Crippen LogP contribution in [0.15, 0.2) is 21.7 Å². The molecule has 100 valence electrons. The Labute approximate surface area is 110 Å². The van der Waals surface area contributed by atoms with Gasteiger partial charge in [0.15, 0.2) is 0 Å². The number of carbonyl (C=O) groups excluding carboxylic acids is 1. The van der Waals surface area contributed by atoms with Crippen LogP contribution in [0, 0.1) is 0 Å². The molecule has 2 rings (SSSR count). The lowest BCUT2D eigenvalue weighted by atomic mass is 10.2. The molecule has 0 spiro atoms. The molecule has 1 aliphatic heterocycles. The minimum atomic E-state index is -3.49. The van der Waals surface area contributed by atoms with E-state index in [4.69, 9.17) is 0 Å². The van der Waals surface area contributed by atoms with Crippen molar-refractivity contribution in [2.75, 3.05) is 26.7 Å². The minimum absolute atomic E-state index is 0.104. The molecule has 1 fully saturated rings. The Kier molecular flexibility index (Phi) is 4.00. The number of hydrogen-bond acceptors (Lipinski definition) is 6. The van der Waals surface area contributed by atoms with Crippen LogP contribution < -0.4 is 5.32 Å². The van der Waals surface area contributed by atoms with Gasteiger partial charge in [0.05, 0.1) is 7.11 Å². The fourth-order valence-electron chi connectivity index (χ4n) is 1.78. The lowest BCUT2D eigenvalue weighted by Crippen LogP contribution is -2.55. The zero-order chi connectivity index (χ0) is 13.2. The summed E-state index contributed by atoms with van der Waals surface area (Å²) in [5.41, 5.74) is 0. The second-order valence-corrected chi connectivity index (χ2v) is 6.94. The van der Waals surface area contributed by atoms with E-state index in [0.717, 1.165) is 0 Å². The lowest BCUT2D eigenvalue weighted by Gasteiger charge is -2.30. The van der Waals surface area contributed by atoms with Crippen LogP contribution in [-0.2, 0) is 19.6 Å². The number of nitrogens with zero attached hydrogens (tertiary/aromatic N) is 1. The molecule has 0 unspecified atom stereocenters. The minimum Gasteiger partial charge on any atom is -0.468 e. The quantitative estimate of drug-likeness (QED) is 0.786. The summed E-state index contributed by atoms with van der Waals surface area (Å²) in [5.74, 6) is -0.443. The number of nitrogens with one attached hydrogen (secondary N) is 1. The summed E-state index contributed by atoms with van der Waals surface area (Å²) in [7, 11) is -2.20. The molecule has 0 radical (unpaired) electrons. The Morgan fingerprint density at radius 2 is 2.39 bits per heavy atom. The van der Waals surface area contributed by atoms with Gasteiger partial charge >= 0.3 is 5.97 Å². The van der Waals surface area contributed by atoms with E-state index >= 15 is 0 Å². The van der Waals surface area contributed by atoms with Crippen molar-refractivity contribution in [3.05, 3.63) is 17.5 Å². The predicted molar refractivity (Wildman–Crippen MR) is 66.9 cm³/mol. The molecule has 0 amide bonds. The highest BCUT2D eigenvalue weighted by molar-refractivity contribution is 7.91. The summed E-state index contributed by atoms with van der Waals surface area (Å²) >= 11 is 1.17. The van der Waals surface area contributed by atoms with Gasteiger partial charge in [0.25, 0.3) is 10.0 Å². The van der Waals surface area contributed by atoms with Crippen molar-refractivity contribution >= 4 is 27.3 Å². The summed E-state index contributed by atoms with van der Waals surface area (Å²) in [4.78, 5) is 11.4. The third-order valence-corrected chi connectivity index (χ3v) is 5.95. The first-order valence-corrected chi connectivity index (χ1v) is 7.72. The van der Waals surface area contributed by atoms with Gasteiger partial charge in [-0.25, -0.2) is 8.42 Å². The van der Waals surface area contributed by atoms with Gasteiger partial charge in [0.1, 0.15) is 10.3 Å². The maximum atomic E-state index is 12.3. The smallest absolute Gasteiger partial charge is 0.324 e. The van der Waals surface area contributed by atoms with E-state index < -0.39 is 22.0 Å². The molecular formula is C10H14N2O4S2. The molecule has 0 bridgehead atoms. The first-order chi connectivity index (χ1) is 8.55. The molecule has 1 aliphatic rings. The highest BCUT2D eigenvalue weighted by Crippen LogP contribution is 2.21. The number of rotatable bonds is 3. The van der Waals surface area contributed by atoms with Crippen molar-refractivity contribution in [2.45, 2.75) is 10.3 Å². The molecule has 18 heavy (non-hydrogen) atoms. The van der Waals surface area contributed by atoms with Gasteiger partial charge in [-0.15, -0.1) is 11.3 Å². The molecule has 1 aromatic rings. The molecule has 1 saturated heterocycles. The largest absolute Gasteiger partial charge is 0.468 e. The number of esters is 1. The number of carbonyl (C=O) groups is 1. The Hall–Kier alpha value is -0.960. The van der Waals surface area contributed by atoms with E-state index in [-0.39, 0.29) is 6.54 Å². The van der Waals surface area contributed by atoms with Crippen LogP contribution in [0.1, 0.15) is 0 Å². The van der Waals surface area contributed by atoms with Crippen LogP contribution in [0.25, 0.3) is 0 Å². The Balaban J connectivity index is 2.17. The van der Waals surface area contributed by atoms with Crippen LogP contribution in [0.5, 0.6) is 0 Å². The normalized spacial score (nSPS) is 21.7. The van der Waals surface area contributed by atoms with Crippen LogP contribution in [0.4, 0.5) is 0 Å². The SMILES string of the molecule is COC(=O)[C@H]1CN(S(=O)(=O)c2cccs2)CCN1. The zero-order valence-electron chi connectivity index (χ0n) is 9.83. The van der Waals surface area contributed by atoms with Gasteiger partial charge in [-0.3, -0.25) is 4.79 Å². The van der Waals surface area contributed by atoms with E-state index in [0.29, 0.717) is 17.3 Å². The average molecular weight is 290 g/mol. The lowest BCUT2D eigenvalue weighted by molar-refractivity contribution is -0.143. The summed E-state index contributed by atoms with van der Waals surface area (Å²) in [6.45, 7) is 0.894. The molecule has 8 heteroatoms. The molecular weight excluding hydrogens is 276 g/mol. The Morgan fingerprint density at radius 1 is 1.61 bits per heavy atom. The van der Waals surface area contributed by atoms with E-state index in [2.05, 4.69) is 10.1 Å². The van der Waals surface area contributed by atoms with Crippen LogP contribution >= 0.6 is 11.3 Å². The van der Waals surface area contributed by atoms with Gasteiger partial charge in [0.2, 0.25) is 0 Å². The van der Waals surface area contributed by atoms with E-state index in [1.54, 1.807) is 17.5 Å². The Bertz CT molecular complexity index is 512. The maximum Gasteiger partial charge on any atom is 0.324 e. The van der Waals surface area contributed by atoms with Crippen molar-refractivity contribution in [2.24, 2.45) is 0 Å². The summed E-state index contributed by atoms with van der Waals surface area (Å²) < 4.78 is 30.8. The highest BCUT2D eigenvalue weighted by Gasteiger charge is 2.33. The van der Waals surface area contributed by atoms with Gasteiger partial charge in [0, 0.05) is 19.6 Å².